The smallest absolute Gasteiger partial charge is 0.348 e. The van der Waals surface area contributed by atoms with Crippen LogP contribution in [0.1, 0.15) is 12.2 Å². The molecule has 4 nitrogen and oxygen atoms in total. The van der Waals surface area contributed by atoms with Crippen molar-refractivity contribution in [3.63, 3.8) is 0 Å². The second-order valence-corrected chi connectivity index (χ2v) is 5.33. The molecule has 1 aliphatic rings. The summed E-state index contributed by atoms with van der Waals surface area (Å²) in [5.74, 6) is 0.957. The summed E-state index contributed by atoms with van der Waals surface area (Å²) in [6, 6.07) is 7.78. The molecule has 0 radical (unpaired) electrons. The molecule has 0 saturated heterocycles. The monoisotopic (exact) mass is 370 g/mol. The van der Waals surface area contributed by atoms with Crippen molar-refractivity contribution in [1.29, 1.82) is 0 Å². The third-order valence-corrected chi connectivity index (χ3v) is 3.91. The molecule has 1 aromatic carbocycles. The summed E-state index contributed by atoms with van der Waals surface area (Å²) >= 11 is 5.94. The van der Waals surface area contributed by atoms with Gasteiger partial charge in [-0.1, -0.05) is 11.6 Å². The molecule has 0 atom stereocenters. The van der Waals surface area contributed by atoms with Crippen LogP contribution in [0, 0.1) is 0 Å². The molecular weight excluding hydrogens is 356 g/mol. The number of esters is 1. The Hall–Kier alpha value is -1.33. The number of hydrogen-bond acceptors (Lipinski definition) is 2. The summed E-state index contributed by atoms with van der Waals surface area (Å²) in [7, 11) is 1.42. The van der Waals surface area contributed by atoms with E-state index in [9.17, 15) is 4.79 Å². The number of aromatic nitrogens is 2. The average molecular weight is 372 g/mol. The molecule has 0 fully saturated rings. The van der Waals surface area contributed by atoms with Gasteiger partial charge in [-0.25, -0.2) is 13.9 Å². The number of hydrogen-bond donors (Lipinski definition) is 0. The van der Waals surface area contributed by atoms with Crippen molar-refractivity contribution in [2.24, 2.45) is 0 Å². The molecule has 6 heteroatoms. The van der Waals surface area contributed by atoms with Crippen LogP contribution >= 0.6 is 11.6 Å². The van der Waals surface area contributed by atoms with Crippen molar-refractivity contribution >= 4 is 17.6 Å². The van der Waals surface area contributed by atoms with Crippen LogP contribution in [0.25, 0.3) is 11.3 Å². The van der Waals surface area contributed by atoms with Crippen molar-refractivity contribution in [3.8, 4) is 11.3 Å². The lowest BCUT2D eigenvalue weighted by atomic mass is 10.2. The Morgan fingerprint density at radius 3 is 2.76 bits per heavy atom. The van der Waals surface area contributed by atoms with Gasteiger partial charge in [0, 0.05) is 10.6 Å². The maximum atomic E-state index is 11.5. The van der Waals surface area contributed by atoms with Crippen LogP contribution in [0.3, 0.4) is 0 Å². The first-order valence-corrected chi connectivity index (χ1v) is 7.01. The molecular formula is C15H16BrClN2O2. The molecule has 0 aliphatic carbocycles. The quantitative estimate of drug-likeness (QED) is 0.524. The zero-order valence-corrected chi connectivity index (χ0v) is 14.0. The summed E-state index contributed by atoms with van der Waals surface area (Å²) < 4.78 is 9.02. The zero-order chi connectivity index (χ0) is 14.1. The predicted molar refractivity (Wildman–Crippen MR) is 75.4 cm³/mol. The number of halogens is 2. The van der Waals surface area contributed by atoms with E-state index in [-0.39, 0.29) is 29.5 Å². The van der Waals surface area contributed by atoms with Gasteiger partial charge in [-0.2, -0.15) is 0 Å². The number of methoxy groups -OCH3 is 1. The third kappa shape index (κ3) is 3.14. The summed E-state index contributed by atoms with van der Waals surface area (Å²) in [5.41, 5.74) is 2.24. The van der Waals surface area contributed by atoms with Gasteiger partial charge in [0.25, 0.3) is 5.82 Å². The fourth-order valence-corrected chi connectivity index (χ4v) is 2.83. The highest BCUT2D eigenvalue weighted by molar-refractivity contribution is 6.30. The van der Waals surface area contributed by atoms with Crippen molar-refractivity contribution in [1.82, 2.24) is 4.57 Å². The number of rotatable bonds is 3. The van der Waals surface area contributed by atoms with Gasteiger partial charge in [-0.05, 0) is 30.7 Å². The second-order valence-electron chi connectivity index (χ2n) is 4.90. The summed E-state index contributed by atoms with van der Waals surface area (Å²) in [6.07, 6.45) is 4.12. The highest BCUT2D eigenvalue weighted by atomic mass is 79.9. The summed E-state index contributed by atoms with van der Waals surface area (Å²) in [6.45, 7) is 1.25. The maximum Gasteiger partial charge on any atom is 0.348 e. The van der Waals surface area contributed by atoms with Crippen LogP contribution < -0.4 is 21.5 Å². The molecule has 1 aromatic heterocycles. The minimum atomic E-state index is -0.224. The Labute approximate surface area is 139 Å². The van der Waals surface area contributed by atoms with Crippen LogP contribution in [-0.4, -0.2) is 17.6 Å². The van der Waals surface area contributed by atoms with Crippen molar-refractivity contribution in [2.45, 2.75) is 25.9 Å². The topological polar surface area (TPSA) is 35.1 Å². The van der Waals surface area contributed by atoms with Crippen molar-refractivity contribution in [3.05, 3.63) is 41.3 Å². The van der Waals surface area contributed by atoms with Gasteiger partial charge in [0.05, 0.1) is 20.1 Å². The lowest BCUT2D eigenvalue weighted by molar-refractivity contribution is -0.691. The normalized spacial score (nSPS) is 12.7. The average Bonchev–Trinajstić information content (AvgIpc) is 3.03. The van der Waals surface area contributed by atoms with Crippen LogP contribution in [0.2, 0.25) is 5.02 Å². The van der Waals surface area contributed by atoms with E-state index >= 15 is 0 Å². The third-order valence-electron chi connectivity index (χ3n) is 3.66. The van der Waals surface area contributed by atoms with E-state index in [4.69, 9.17) is 16.3 Å². The van der Waals surface area contributed by atoms with E-state index in [1.165, 1.54) is 12.9 Å². The molecule has 2 aromatic rings. The highest BCUT2D eigenvalue weighted by Crippen LogP contribution is 2.25. The van der Waals surface area contributed by atoms with Gasteiger partial charge in [0.1, 0.15) is 6.20 Å². The Bertz CT molecular complexity index is 652. The van der Waals surface area contributed by atoms with Gasteiger partial charge in [-0.3, -0.25) is 0 Å². The van der Waals surface area contributed by atoms with E-state index in [0.717, 1.165) is 35.7 Å². The van der Waals surface area contributed by atoms with E-state index in [0.29, 0.717) is 0 Å². The summed E-state index contributed by atoms with van der Waals surface area (Å²) in [5, 5.41) is 0.726. The van der Waals surface area contributed by atoms with Gasteiger partial charge < -0.3 is 21.7 Å². The lowest BCUT2D eigenvalue weighted by Gasteiger charge is -1.98. The van der Waals surface area contributed by atoms with Gasteiger partial charge in [0.2, 0.25) is 0 Å². The minimum absolute atomic E-state index is 0. The first-order valence-electron chi connectivity index (χ1n) is 6.63. The fourth-order valence-electron chi connectivity index (χ4n) is 2.70. The zero-order valence-electron chi connectivity index (χ0n) is 11.7. The van der Waals surface area contributed by atoms with Gasteiger partial charge in [-0.15, -0.1) is 0 Å². The van der Waals surface area contributed by atoms with Crippen LogP contribution in [-0.2, 0) is 29.0 Å². The molecule has 0 N–H and O–H groups in total. The Morgan fingerprint density at radius 2 is 2.10 bits per heavy atom. The molecule has 2 heterocycles. The summed E-state index contributed by atoms with van der Waals surface area (Å²) in [4.78, 5) is 11.5. The number of ether oxygens (including phenoxy) is 1. The Morgan fingerprint density at radius 1 is 1.38 bits per heavy atom. The lowest BCUT2D eigenvalue weighted by Crippen LogP contribution is -3.00. The molecule has 3 rings (SSSR count). The van der Waals surface area contributed by atoms with Crippen LogP contribution in [0.15, 0.2) is 30.5 Å². The van der Waals surface area contributed by atoms with E-state index < -0.39 is 0 Å². The first kappa shape index (κ1) is 16.0. The predicted octanol–water partition coefficient (Wildman–Crippen LogP) is -0.781. The molecule has 21 heavy (non-hydrogen) atoms. The Kier molecular flexibility index (Phi) is 5.06. The van der Waals surface area contributed by atoms with Crippen LogP contribution in [0.4, 0.5) is 0 Å². The molecule has 0 unspecified atom stereocenters. The molecule has 0 spiro atoms. The number of imidazole rings is 1. The molecule has 0 amide bonds. The SMILES string of the molecule is COC(=O)C[n+]1cc(-c2ccc(Cl)cc2)n2c1CCC2.[Br-]. The van der Waals surface area contributed by atoms with E-state index in [1.807, 2.05) is 35.0 Å². The number of fused-ring (bicyclic) bond motifs is 1. The maximum absolute atomic E-state index is 11.5. The molecule has 112 valence electrons. The number of nitrogens with zero attached hydrogens (tertiary/aromatic N) is 2. The highest BCUT2D eigenvalue weighted by Gasteiger charge is 2.29. The standard InChI is InChI=1S/C15H16ClN2O2.BrH/c1-20-15(19)10-17-9-13(18-8-2-3-14(17)18)11-4-6-12(16)7-5-11;/h4-7,9H,2-3,8,10H2,1H3;1H/q+1;/p-1. The van der Waals surface area contributed by atoms with Gasteiger partial charge >= 0.3 is 5.97 Å². The fraction of sp³-hybridized carbons (Fsp3) is 0.333. The number of carbonyl (C=O) groups excluding carboxylic acids is 1. The Balaban J connectivity index is 0.00000161. The number of carbonyl (C=O) groups is 1. The van der Waals surface area contributed by atoms with E-state index in [2.05, 4.69) is 4.57 Å². The van der Waals surface area contributed by atoms with Gasteiger partial charge in [0.15, 0.2) is 12.2 Å². The van der Waals surface area contributed by atoms with E-state index in [1.54, 1.807) is 0 Å². The first-order chi connectivity index (χ1) is 9.69. The second kappa shape index (κ2) is 6.62. The minimum Gasteiger partial charge on any atom is -1.00 e. The van der Waals surface area contributed by atoms with Crippen LogP contribution in [0.5, 0.6) is 0 Å². The van der Waals surface area contributed by atoms with Crippen molar-refractivity contribution in [2.75, 3.05) is 7.11 Å². The molecule has 0 bridgehead atoms. The largest absolute Gasteiger partial charge is 1.00 e. The van der Waals surface area contributed by atoms with Crippen molar-refractivity contribution < 1.29 is 31.1 Å². The number of benzene rings is 1. The molecule has 0 saturated carbocycles. The molecule has 1 aliphatic heterocycles.